The highest BCUT2D eigenvalue weighted by atomic mass is 79.9. The molecule has 3 heteroatoms. The maximum absolute atomic E-state index is 5.13. The molecule has 0 amide bonds. The third-order valence-corrected chi connectivity index (χ3v) is 3.63. The maximum atomic E-state index is 5.13. The second-order valence-electron chi connectivity index (χ2n) is 5.10. The van der Waals surface area contributed by atoms with Crippen LogP contribution in [0.1, 0.15) is 25.8 Å². The first-order chi connectivity index (χ1) is 8.05. The zero-order valence-electron chi connectivity index (χ0n) is 10.9. The molecule has 0 radical (unpaired) electrons. The molecule has 0 spiro atoms. The normalized spacial score (nSPS) is 11.8. The van der Waals surface area contributed by atoms with Gasteiger partial charge in [-0.1, -0.05) is 48.0 Å². The summed E-state index contributed by atoms with van der Waals surface area (Å²) in [7, 11) is 1.75. The Morgan fingerprint density at radius 1 is 1.29 bits per heavy atom. The van der Waals surface area contributed by atoms with Gasteiger partial charge in [-0.2, -0.15) is 0 Å². The summed E-state index contributed by atoms with van der Waals surface area (Å²) >= 11 is 3.56. The Bertz CT molecular complexity index is 339. The highest BCUT2D eigenvalue weighted by Gasteiger charge is 2.16. The van der Waals surface area contributed by atoms with Crippen LogP contribution in [-0.4, -0.2) is 20.3 Å². The quantitative estimate of drug-likeness (QED) is 0.830. The van der Waals surface area contributed by atoms with Crippen molar-refractivity contribution in [2.24, 2.45) is 5.41 Å². The van der Waals surface area contributed by atoms with Crippen LogP contribution in [0.25, 0.3) is 0 Å². The van der Waals surface area contributed by atoms with Crippen LogP contribution >= 0.6 is 15.9 Å². The fraction of sp³-hybridized carbons (Fsp3) is 0.571. The summed E-state index contributed by atoms with van der Waals surface area (Å²) in [6, 6.07) is 8.32. The zero-order chi connectivity index (χ0) is 12.7. The number of ether oxygens (including phenoxy) is 1. The van der Waals surface area contributed by atoms with E-state index < -0.39 is 0 Å². The van der Waals surface area contributed by atoms with Gasteiger partial charge < -0.3 is 10.1 Å². The summed E-state index contributed by atoms with van der Waals surface area (Å²) in [4.78, 5) is 0. The van der Waals surface area contributed by atoms with E-state index in [1.165, 1.54) is 10.0 Å². The average molecular weight is 300 g/mol. The van der Waals surface area contributed by atoms with E-state index in [0.717, 1.165) is 26.1 Å². The second kappa shape index (κ2) is 7.14. The number of hydrogen-bond donors (Lipinski definition) is 1. The molecule has 96 valence electrons. The first-order valence-corrected chi connectivity index (χ1v) is 6.77. The molecule has 0 saturated heterocycles. The van der Waals surface area contributed by atoms with E-state index in [1.54, 1.807) is 7.11 Å². The summed E-state index contributed by atoms with van der Waals surface area (Å²) in [5.74, 6) is 0. The molecular formula is C14H22BrNO. The van der Waals surface area contributed by atoms with Gasteiger partial charge in [-0.15, -0.1) is 0 Å². The molecule has 0 bridgehead atoms. The van der Waals surface area contributed by atoms with Crippen molar-refractivity contribution >= 4 is 15.9 Å². The second-order valence-corrected chi connectivity index (χ2v) is 5.96. The predicted octanol–water partition coefficient (Wildman–Crippen LogP) is 3.60. The van der Waals surface area contributed by atoms with Gasteiger partial charge in [0.15, 0.2) is 0 Å². The molecule has 17 heavy (non-hydrogen) atoms. The lowest BCUT2D eigenvalue weighted by molar-refractivity contribution is 0.150. The lowest BCUT2D eigenvalue weighted by Crippen LogP contribution is -2.30. The Hall–Kier alpha value is -0.380. The summed E-state index contributed by atoms with van der Waals surface area (Å²) in [6.07, 6.45) is 1.08. The van der Waals surface area contributed by atoms with Gasteiger partial charge in [0.2, 0.25) is 0 Å². The van der Waals surface area contributed by atoms with Gasteiger partial charge in [0.25, 0.3) is 0 Å². The fourth-order valence-electron chi connectivity index (χ4n) is 1.64. The number of halogens is 1. The Kier molecular flexibility index (Phi) is 6.17. The van der Waals surface area contributed by atoms with Crippen LogP contribution in [0.4, 0.5) is 0 Å². The van der Waals surface area contributed by atoms with Crippen molar-refractivity contribution in [3.63, 3.8) is 0 Å². The van der Waals surface area contributed by atoms with Crippen LogP contribution in [0, 0.1) is 5.41 Å². The van der Waals surface area contributed by atoms with Crippen molar-refractivity contribution in [2.45, 2.75) is 26.8 Å². The van der Waals surface area contributed by atoms with E-state index in [9.17, 15) is 0 Å². The van der Waals surface area contributed by atoms with Gasteiger partial charge in [-0.3, -0.25) is 0 Å². The molecule has 0 saturated carbocycles. The van der Waals surface area contributed by atoms with Crippen LogP contribution < -0.4 is 5.32 Å². The maximum Gasteiger partial charge on any atom is 0.0467 e. The highest BCUT2D eigenvalue weighted by molar-refractivity contribution is 9.10. The smallest absolute Gasteiger partial charge is 0.0467 e. The van der Waals surface area contributed by atoms with Gasteiger partial charge >= 0.3 is 0 Å². The monoisotopic (exact) mass is 299 g/mol. The lowest BCUT2D eigenvalue weighted by atomic mass is 9.89. The molecule has 1 rings (SSSR count). The predicted molar refractivity (Wildman–Crippen MR) is 76.1 cm³/mol. The summed E-state index contributed by atoms with van der Waals surface area (Å²) in [5, 5.41) is 3.51. The van der Waals surface area contributed by atoms with Gasteiger partial charge in [0, 0.05) is 31.3 Å². The Morgan fingerprint density at radius 3 is 2.65 bits per heavy atom. The number of benzene rings is 1. The van der Waals surface area contributed by atoms with E-state index in [-0.39, 0.29) is 5.41 Å². The minimum Gasteiger partial charge on any atom is -0.385 e. The summed E-state index contributed by atoms with van der Waals surface area (Å²) < 4.78 is 6.29. The van der Waals surface area contributed by atoms with Crippen molar-refractivity contribution in [1.82, 2.24) is 5.32 Å². The molecule has 2 nitrogen and oxygen atoms in total. The third kappa shape index (κ3) is 5.66. The molecule has 0 unspecified atom stereocenters. The molecule has 0 aliphatic heterocycles. The molecule has 1 N–H and O–H groups in total. The summed E-state index contributed by atoms with van der Waals surface area (Å²) in [6.45, 7) is 7.25. The first kappa shape index (κ1) is 14.7. The topological polar surface area (TPSA) is 21.3 Å². The zero-order valence-corrected chi connectivity index (χ0v) is 12.5. The first-order valence-electron chi connectivity index (χ1n) is 5.98. The van der Waals surface area contributed by atoms with Crippen LogP contribution in [0.5, 0.6) is 0 Å². The minimum absolute atomic E-state index is 0.275. The van der Waals surface area contributed by atoms with E-state index >= 15 is 0 Å². The van der Waals surface area contributed by atoms with Crippen molar-refractivity contribution in [3.8, 4) is 0 Å². The highest BCUT2D eigenvalue weighted by Crippen LogP contribution is 2.20. The lowest BCUT2D eigenvalue weighted by Gasteiger charge is -2.24. The van der Waals surface area contributed by atoms with E-state index in [2.05, 4.69) is 53.3 Å². The van der Waals surface area contributed by atoms with Crippen LogP contribution in [0.15, 0.2) is 28.7 Å². The van der Waals surface area contributed by atoms with Crippen LogP contribution in [-0.2, 0) is 11.3 Å². The van der Waals surface area contributed by atoms with Gasteiger partial charge in [-0.25, -0.2) is 0 Å². The minimum atomic E-state index is 0.275. The molecule has 0 fully saturated rings. The van der Waals surface area contributed by atoms with E-state index in [1.807, 2.05) is 6.07 Å². The van der Waals surface area contributed by atoms with Crippen molar-refractivity contribution in [1.29, 1.82) is 0 Å². The van der Waals surface area contributed by atoms with Crippen molar-refractivity contribution in [3.05, 3.63) is 34.3 Å². The van der Waals surface area contributed by atoms with E-state index in [0.29, 0.717) is 0 Å². The molecule has 0 aliphatic carbocycles. The Labute approximate surface area is 113 Å². The van der Waals surface area contributed by atoms with E-state index in [4.69, 9.17) is 4.74 Å². The molecule has 1 aromatic carbocycles. The molecule has 1 aromatic rings. The van der Waals surface area contributed by atoms with Crippen LogP contribution in [0.3, 0.4) is 0 Å². The molecule has 0 aromatic heterocycles. The fourth-order valence-corrected chi connectivity index (χ4v) is 2.07. The number of hydrogen-bond acceptors (Lipinski definition) is 2. The van der Waals surface area contributed by atoms with Crippen molar-refractivity contribution in [2.75, 3.05) is 20.3 Å². The number of nitrogens with one attached hydrogen (secondary N) is 1. The molecular weight excluding hydrogens is 278 g/mol. The van der Waals surface area contributed by atoms with Crippen LogP contribution in [0.2, 0.25) is 0 Å². The van der Waals surface area contributed by atoms with Gasteiger partial charge in [-0.05, 0) is 23.5 Å². The molecule has 0 heterocycles. The van der Waals surface area contributed by atoms with Gasteiger partial charge in [0.1, 0.15) is 0 Å². The Balaban J connectivity index is 2.35. The van der Waals surface area contributed by atoms with Crippen molar-refractivity contribution < 1.29 is 4.74 Å². The summed E-state index contributed by atoms with van der Waals surface area (Å²) in [5.41, 5.74) is 1.58. The largest absolute Gasteiger partial charge is 0.385 e. The molecule has 0 aliphatic rings. The Morgan fingerprint density at radius 2 is 2.00 bits per heavy atom. The number of rotatable bonds is 7. The molecule has 0 atom stereocenters. The SMILES string of the molecule is COCCC(C)(C)CNCc1ccccc1Br. The number of methoxy groups -OCH3 is 1. The standard InChI is InChI=1S/C14H22BrNO/c1-14(2,8-9-17-3)11-16-10-12-6-4-5-7-13(12)15/h4-7,16H,8-11H2,1-3H3. The van der Waals surface area contributed by atoms with Gasteiger partial charge in [0.05, 0.1) is 0 Å². The average Bonchev–Trinajstić information content (AvgIpc) is 2.29. The third-order valence-electron chi connectivity index (χ3n) is 2.86.